The summed E-state index contributed by atoms with van der Waals surface area (Å²) in [4.78, 5) is 3.85. The first-order valence-corrected chi connectivity index (χ1v) is 10.2. The molecule has 0 radical (unpaired) electrons. The van der Waals surface area contributed by atoms with E-state index in [0.717, 1.165) is 17.7 Å². The number of hydrogen-bond donors (Lipinski definition) is 1. The van der Waals surface area contributed by atoms with Crippen molar-refractivity contribution >= 4 is 6.08 Å². The molecule has 0 amide bonds. The Bertz CT molecular complexity index is 1220. The molecule has 0 bridgehead atoms. The van der Waals surface area contributed by atoms with Crippen LogP contribution in [0, 0.1) is 11.6 Å². The summed E-state index contributed by atoms with van der Waals surface area (Å²) in [6, 6.07) is 10.6. The van der Waals surface area contributed by atoms with E-state index in [1.807, 2.05) is 43.3 Å². The third-order valence-corrected chi connectivity index (χ3v) is 4.96. The molecule has 0 aliphatic rings. The maximum atomic E-state index is 14.6. The second kappa shape index (κ2) is 9.70. The van der Waals surface area contributed by atoms with E-state index >= 15 is 0 Å². The van der Waals surface area contributed by atoms with E-state index in [4.69, 9.17) is 4.74 Å². The average molecular weight is 452 g/mol. The molecule has 0 saturated heterocycles. The predicted octanol–water partition coefficient (Wildman–Crippen LogP) is 3.35. The molecule has 2 heterocycles. The number of aromatic nitrogens is 6. The highest BCUT2D eigenvalue weighted by atomic mass is 19.1. The van der Waals surface area contributed by atoms with Crippen molar-refractivity contribution in [3.63, 3.8) is 0 Å². The second-order valence-electron chi connectivity index (χ2n) is 7.51. The minimum atomic E-state index is -1.79. The van der Waals surface area contributed by atoms with Crippen LogP contribution >= 0.6 is 0 Å². The Morgan fingerprint density at radius 2 is 1.88 bits per heavy atom. The average Bonchev–Trinajstić information content (AvgIpc) is 3.45. The summed E-state index contributed by atoms with van der Waals surface area (Å²) in [7, 11) is 0. The van der Waals surface area contributed by atoms with Gasteiger partial charge in [0.05, 0.1) is 19.3 Å². The molecule has 0 aliphatic heterocycles. The van der Waals surface area contributed by atoms with Crippen LogP contribution in [-0.2, 0) is 25.3 Å². The van der Waals surface area contributed by atoms with Gasteiger partial charge in [-0.25, -0.2) is 23.1 Å². The van der Waals surface area contributed by atoms with Gasteiger partial charge < -0.3 is 9.84 Å². The van der Waals surface area contributed by atoms with Gasteiger partial charge >= 0.3 is 0 Å². The Morgan fingerprint density at radius 1 is 1.09 bits per heavy atom. The number of nitrogens with zero attached hydrogens (tertiary/aromatic N) is 6. The molecule has 0 spiro atoms. The first-order valence-electron chi connectivity index (χ1n) is 10.2. The first-order chi connectivity index (χ1) is 15.9. The summed E-state index contributed by atoms with van der Waals surface area (Å²) in [6.45, 7) is 1.83. The SMILES string of the molecule is CC=Cc1ccc(OCc2cn(CC(O)(Cn3cncn3)c3ccc(F)cc3F)nn2)cc1. The van der Waals surface area contributed by atoms with Crippen molar-refractivity contribution in [1.82, 2.24) is 29.8 Å². The standard InChI is InChI=1S/C23H22F2N6O2/c1-2-3-17-4-7-20(8-5-17)33-12-19-11-30(29-28-19)13-23(32,14-31-16-26-15-27-31)21-9-6-18(24)10-22(21)25/h2-11,15-16,32H,12-14H2,1H3. The van der Waals surface area contributed by atoms with E-state index in [-0.39, 0.29) is 25.3 Å². The van der Waals surface area contributed by atoms with Crippen molar-refractivity contribution in [3.8, 4) is 5.75 Å². The fourth-order valence-electron chi connectivity index (χ4n) is 3.44. The summed E-state index contributed by atoms with van der Waals surface area (Å²) < 4.78 is 36.5. The number of benzene rings is 2. The predicted molar refractivity (Wildman–Crippen MR) is 116 cm³/mol. The van der Waals surface area contributed by atoms with E-state index in [1.54, 1.807) is 6.20 Å². The number of ether oxygens (including phenoxy) is 1. The van der Waals surface area contributed by atoms with E-state index in [9.17, 15) is 13.9 Å². The molecule has 0 saturated carbocycles. The number of rotatable bonds is 9. The lowest BCUT2D eigenvalue weighted by Gasteiger charge is -2.28. The highest BCUT2D eigenvalue weighted by molar-refractivity contribution is 5.50. The Morgan fingerprint density at radius 3 is 2.58 bits per heavy atom. The van der Waals surface area contributed by atoms with Crippen molar-refractivity contribution in [3.05, 3.63) is 95.8 Å². The van der Waals surface area contributed by atoms with Gasteiger partial charge in [0.25, 0.3) is 0 Å². The van der Waals surface area contributed by atoms with Crippen LogP contribution in [0.1, 0.15) is 23.7 Å². The lowest BCUT2D eigenvalue weighted by molar-refractivity contribution is -0.00892. The second-order valence-corrected chi connectivity index (χ2v) is 7.51. The Kier molecular flexibility index (Phi) is 6.55. The van der Waals surface area contributed by atoms with Gasteiger partial charge in [-0.05, 0) is 30.7 Å². The van der Waals surface area contributed by atoms with Crippen molar-refractivity contribution in [2.45, 2.75) is 32.2 Å². The van der Waals surface area contributed by atoms with Gasteiger partial charge in [0.1, 0.15) is 47.9 Å². The topological polar surface area (TPSA) is 90.9 Å². The molecule has 0 aliphatic carbocycles. The molecule has 33 heavy (non-hydrogen) atoms. The zero-order chi connectivity index (χ0) is 23.3. The van der Waals surface area contributed by atoms with Gasteiger partial charge in [0.15, 0.2) is 0 Å². The highest BCUT2D eigenvalue weighted by Crippen LogP contribution is 2.28. The lowest BCUT2D eigenvalue weighted by atomic mass is 9.93. The van der Waals surface area contributed by atoms with Gasteiger partial charge in [-0.15, -0.1) is 5.10 Å². The van der Waals surface area contributed by atoms with E-state index < -0.39 is 17.2 Å². The molecule has 4 rings (SSSR count). The smallest absolute Gasteiger partial charge is 0.137 e. The molecule has 10 heteroatoms. The molecule has 8 nitrogen and oxygen atoms in total. The maximum Gasteiger partial charge on any atom is 0.137 e. The van der Waals surface area contributed by atoms with Crippen LogP contribution in [0.15, 0.2) is 67.4 Å². The van der Waals surface area contributed by atoms with Gasteiger partial charge in [0.2, 0.25) is 0 Å². The number of hydrogen-bond acceptors (Lipinski definition) is 6. The van der Waals surface area contributed by atoms with Crippen LogP contribution in [0.3, 0.4) is 0 Å². The normalized spacial score (nSPS) is 13.3. The molecule has 170 valence electrons. The fourth-order valence-corrected chi connectivity index (χ4v) is 3.44. The summed E-state index contributed by atoms with van der Waals surface area (Å²) in [6.07, 6.45) is 8.24. The van der Waals surface area contributed by atoms with Gasteiger partial charge in [-0.3, -0.25) is 0 Å². The first kappa shape index (κ1) is 22.3. The molecule has 1 atom stereocenters. The zero-order valence-corrected chi connectivity index (χ0v) is 17.8. The molecule has 4 aromatic rings. The van der Waals surface area contributed by atoms with E-state index in [1.165, 1.54) is 28.1 Å². The van der Waals surface area contributed by atoms with Crippen LogP contribution in [-0.4, -0.2) is 34.9 Å². The van der Waals surface area contributed by atoms with Crippen molar-refractivity contribution in [1.29, 1.82) is 0 Å². The summed E-state index contributed by atoms with van der Waals surface area (Å²) in [5.41, 5.74) is -0.292. The van der Waals surface area contributed by atoms with Crippen LogP contribution < -0.4 is 4.74 Å². The minimum absolute atomic E-state index is 0.0890. The third kappa shape index (κ3) is 5.47. The lowest BCUT2D eigenvalue weighted by Crippen LogP contribution is -2.37. The molecule has 2 aromatic heterocycles. The Hall–Kier alpha value is -3.92. The summed E-state index contributed by atoms with van der Waals surface area (Å²) in [5, 5.41) is 23.5. The molecular weight excluding hydrogens is 430 g/mol. The van der Waals surface area contributed by atoms with Crippen molar-refractivity contribution in [2.75, 3.05) is 0 Å². The Balaban J connectivity index is 1.50. The quantitative estimate of drug-likeness (QED) is 0.419. The zero-order valence-electron chi connectivity index (χ0n) is 17.8. The van der Waals surface area contributed by atoms with Gasteiger partial charge in [-0.1, -0.05) is 35.6 Å². The number of aliphatic hydroxyl groups is 1. The van der Waals surface area contributed by atoms with Crippen LogP contribution in [0.5, 0.6) is 5.75 Å². The molecule has 1 unspecified atom stereocenters. The number of allylic oxidation sites excluding steroid dienone is 1. The summed E-state index contributed by atoms with van der Waals surface area (Å²) in [5.74, 6) is -0.935. The monoisotopic (exact) mass is 452 g/mol. The molecular formula is C23H22F2N6O2. The molecule has 1 N–H and O–H groups in total. The maximum absolute atomic E-state index is 14.6. The van der Waals surface area contributed by atoms with Crippen LogP contribution in [0.25, 0.3) is 6.08 Å². The molecule has 0 fully saturated rings. The number of halogens is 2. The van der Waals surface area contributed by atoms with Gasteiger partial charge in [-0.2, -0.15) is 5.10 Å². The van der Waals surface area contributed by atoms with Crippen molar-refractivity contribution < 1.29 is 18.6 Å². The third-order valence-electron chi connectivity index (χ3n) is 4.96. The fraction of sp³-hybridized carbons (Fsp3) is 0.217. The summed E-state index contributed by atoms with van der Waals surface area (Å²) >= 11 is 0. The van der Waals surface area contributed by atoms with Crippen LogP contribution in [0.4, 0.5) is 8.78 Å². The Labute approximate surface area is 188 Å². The van der Waals surface area contributed by atoms with E-state index in [2.05, 4.69) is 20.4 Å². The van der Waals surface area contributed by atoms with Crippen LogP contribution in [0.2, 0.25) is 0 Å². The van der Waals surface area contributed by atoms with Gasteiger partial charge in [0, 0.05) is 11.6 Å². The van der Waals surface area contributed by atoms with E-state index in [0.29, 0.717) is 11.4 Å². The minimum Gasteiger partial charge on any atom is -0.487 e. The largest absolute Gasteiger partial charge is 0.487 e. The molecule has 2 aromatic carbocycles. The highest BCUT2D eigenvalue weighted by Gasteiger charge is 2.34. The van der Waals surface area contributed by atoms with Crippen molar-refractivity contribution in [2.24, 2.45) is 0 Å².